The molecule has 124 valence electrons. The molecule has 3 rings (SSSR count). The quantitative estimate of drug-likeness (QED) is 0.727. The molecule has 3 aromatic carbocycles. The summed E-state index contributed by atoms with van der Waals surface area (Å²) in [4.78, 5) is 25.9. The van der Waals surface area contributed by atoms with Crippen molar-refractivity contribution in [3.63, 3.8) is 0 Å². The molecule has 25 heavy (non-hydrogen) atoms. The highest BCUT2D eigenvalue weighted by Gasteiger charge is 2.27. The maximum absolute atomic E-state index is 12.1. The van der Waals surface area contributed by atoms with Crippen molar-refractivity contribution in [3.05, 3.63) is 86.2 Å². The summed E-state index contributed by atoms with van der Waals surface area (Å²) in [6.07, 6.45) is 0. The van der Waals surface area contributed by atoms with E-state index in [0.717, 1.165) is 5.56 Å². The fourth-order valence-electron chi connectivity index (χ4n) is 2.75. The van der Waals surface area contributed by atoms with Gasteiger partial charge in [-0.25, -0.2) is 0 Å². The Morgan fingerprint density at radius 3 is 2.24 bits per heavy atom. The highest BCUT2D eigenvalue weighted by molar-refractivity contribution is 5.79. The number of hydrogen-bond acceptors (Lipinski definition) is 5. The minimum Gasteiger partial charge on any atom is -0.363 e. The summed E-state index contributed by atoms with van der Waals surface area (Å²) in [5.41, 5.74) is 1.92. The van der Waals surface area contributed by atoms with E-state index in [1.165, 1.54) is 0 Å². The SMILES string of the molecule is CC(c1ccccc1)N(C)c1c(Nc2ccc(C#N)cc2)c(=O)c1=O. The number of anilines is 3. The van der Waals surface area contributed by atoms with Crippen molar-refractivity contribution in [2.24, 2.45) is 0 Å². The molecule has 0 aromatic heterocycles. The second-order valence-corrected chi connectivity index (χ2v) is 5.89. The number of nitrogens with zero attached hydrogens (tertiary/aromatic N) is 2. The lowest BCUT2D eigenvalue weighted by Crippen LogP contribution is -2.41. The molecular weight excluding hydrogens is 314 g/mol. The van der Waals surface area contributed by atoms with Crippen molar-refractivity contribution in [2.45, 2.75) is 13.0 Å². The van der Waals surface area contributed by atoms with E-state index in [4.69, 9.17) is 5.26 Å². The molecular formula is C20H17N3O2. The van der Waals surface area contributed by atoms with Crippen LogP contribution in [-0.2, 0) is 0 Å². The molecule has 0 radical (unpaired) electrons. The number of nitrogens with one attached hydrogen (secondary N) is 1. The first kappa shape index (κ1) is 16.5. The molecule has 1 N–H and O–H groups in total. The molecule has 0 aliphatic rings. The van der Waals surface area contributed by atoms with Gasteiger partial charge < -0.3 is 10.2 Å². The number of benzene rings is 2. The van der Waals surface area contributed by atoms with Crippen molar-refractivity contribution < 1.29 is 0 Å². The topological polar surface area (TPSA) is 73.2 Å². The van der Waals surface area contributed by atoms with Crippen molar-refractivity contribution in [1.29, 1.82) is 5.26 Å². The lowest BCUT2D eigenvalue weighted by Gasteiger charge is -2.29. The van der Waals surface area contributed by atoms with Crippen LogP contribution in [0.15, 0.2) is 64.2 Å². The van der Waals surface area contributed by atoms with Gasteiger partial charge >= 0.3 is 0 Å². The van der Waals surface area contributed by atoms with Crippen LogP contribution in [0.4, 0.5) is 17.1 Å². The van der Waals surface area contributed by atoms with Gasteiger partial charge in [0, 0.05) is 12.7 Å². The maximum atomic E-state index is 12.1. The zero-order valence-electron chi connectivity index (χ0n) is 14.0. The Labute approximate surface area is 145 Å². The standard InChI is InChI=1S/C20H17N3O2/c1-13(15-6-4-3-5-7-15)23(2)18-17(19(24)20(18)25)22-16-10-8-14(12-21)9-11-16/h3-11,13,22H,1-2H3. The monoisotopic (exact) mass is 331 g/mol. The van der Waals surface area contributed by atoms with Crippen LogP contribution >= 0.6 is 0 Å². The van der Waals surface area contributed by atoms with Crippen LogP contribution in [0.25, 0.3) is 0 Å². The van der Waals surface area contributed by atoms with E-state index in [0.29, 0.717) is 22.6 Å². The summed E-state index contributed by atoms with van der Waals surface area (Å²) in [7, 11) is 1.80. The van der Waals surface area contributed by atoms with E-state index in [2.05, 4.69) is 5.32 Å². The first-order chi connectivity index (χ1) is 12.0. The molecule has 1 unspecified atom stereocenters. The smallest absolute Gasteiger partial charge is 0.253 e. The van der Waals surface area contributed by atoms with E-state index >= 15 is 0 Å². The zero-order valence-corrected chi connectivity index (χ0v) is 14.0. The van der Waals surface area contributed by atoms with Crippen LogP contribution in [0.1, 0.15) is 24.1 Å². The average Bonchev–Trinajstić information content (AvgIpc) is 2.67. The Balaban J connectivity index is 1.88. The molecule has 0 saturated carbocycles. The maximum Gasteiger partial charge on any atom is 0.253 e. The Morgan fingerprint density at radius 2 is 1.64 bits per heavy atom. The van der Waals surface area contributed by atoms with Gasteiger partial charge in [0.05, 0.1) is 17.7 Å². The fourth-order valence-corrected chi connectivity index (χ4v) is 2.75. The molecule has 1 atom stereocenters. The van der Waals surface area contributed by atoms with Gasteiger partial charge in [0.1, 0.15) is 11.4 Å². The number of nitriles is 1. The summed E-state index contributed by atoms with van der Waals surface area (Å²) in [6, 6.07) is 18.5. The van der Waals surface area contributed by atoms with Crippen LogP contribution in [0.3, 0.4) is 0 Å². The predicted molar refractivity (Wildman–Crippen MR) is 99.1 cm³/mol. The molecule has 0 spiro atoms. The van der Waals surface area contributed by atoms with Gasteiger partial charge in [-0.15, -0.1) is 0 Å². The molecule has 0 heterocycles. The van der Waals surface area contributed by atoms with E-state index in [-0.39, 0.29) is 6.04 Å². The molecule has 3 aromatic rings. The highest BCUT2D eigenvalue weighted by Crippen LogP contribution is 2.29. The minimum absolute atomic E-state index is 0.0500. The molecule has 5 nitrogen and oxygen atoms in total. The summed E-state index contributed by atoms with van der Waals surface area (Å²) >= 11 is 0. The molecule has 0 amide bonds. The van der Waals surface area contributed by atoms with Crippen molar-refractivity contribution in [2.75, 3.05) is 17.3 Å². The summed E-state index contributed by atoms with van der Waals surface area (Å²) in [5, 5.41) is 11.8. The van der Waals surface area contributed by atoms with Gasteiger partial charge in [-0.05, 0) is 36.8 Å². The molecule has 0 bridgehead atoms. The molecule has 0 fully saturated rings. The normalized spacial score (nSPS) is 11.7. The third-order valence-corrected chi connectivity index (χ3v) is 4.38. The predicted octanol–water partition coefficient (Wildman–Crippen LogP) is 3.10. The van der Waals surface area contributed by atoms with Crippen molar-refractivity contribution in [1.82, 2.24) is 0 Å². The Kier molecular flexibility index (Phi) is 4.36. The first-order valence-electron chi connectivity index (χ1n) is 7.91. The van der Waals surface area contributed by atoms with Gasteiger partial charge in [-0.1, -0.05) is 30.3 Å². The van der Waals surface area contributed by atoms with Crippen LogP contribution in [0, 0.1) is 11.3 Å². The van der Waals surface area contributed by atoms with E-state index in [9.17, 15) is 9.59 Å². The molecule has 5 heteroatoms. The lowest BCUT2D eigenvalue weighted by atomic mass is 10.0. The van der Waals surface area contributed by atoms with Gasteiger partial charge in [-0.2, -0.15) is 5.26 Å². The third kappa shape index (κ3) is 3.02. The fraction of sp³-hybridized carbons (Fsp3) is 0.150. The van der Waals surface area contributed by atoms with Crippen LogP contribution in [0.5, 0.6) is 0 Å². The van der Waals surface area contributed by atoms with Gasteiger partial charge in [0.25, 0.3) is 10.9 Å². The molecule has 0 saturated heterocycles. The summed E-state index contributed by atoms with van der Waals surface area (Å²) in [5.74, 6) is 0. The number of hydrogen-bond donors (Lipinski definition) is 1. The summed E-state index contributed by atoms with van der Waals surface area (Å²) in [6.45, 7) is 1.98. The van der Waals surface area contributed by atoms with Gasteiger partial charge in [0.15, 0.2) is 0 Å². The van der Waals surface area contributed by atoms with Crippen molar-refractivity contribution in [3.8, 4) is 6.07 Å². The number of rotatable bonds is 5. The van der Waals surface area contributed by atoms with Gasteiger partial charge in [0.2, 0.25) is 0 Å². The Morgan fingerprint density at radius 1 is 1.00 bits per heavy atom. The van der Waals surface area contributed by atoms with Crippen LogP contribution < -0.4 is 21.1 Å². The first-order valence-corrected chi connectivity index (χ1v) is 7.91. The summed E-state index contributed by atoms with van der Waals surface area (Å²) < 4.78 is 0. The average molecular weight is 331 g/mol. The Bertz CT molecular complexity index is 994. The zero-order chi connectivity index (χ0) is 18.0. The van der Waals surface area contributed by atoms with E-state index in [1.807, 2.05) is 48.2 Å². The van der Waals surface area contributed by atoms with Crippen LogP contribution in [-0.4, -0.2) is 7.05 Å². The Hall–Kier alpha value is -3.39. The minimum atomic E-state index is -0.522. The van der Waals surface area contributed by atoms with E-state index < -0.39 is 10.9 Å². The van der Waals surface area contributed by atoms with Crippen LogP contribution in [0.2, 0.25) is 0 Å². The van der Waals surface area contributed by atoms with Gasteiger partial charge in [-0.3, -0.25) is 9.59 Å². The second-order valence-electron chi connectivity index (χ2n) is 5.89. The third-order valence-electron chi connectivity index (χ3n) is 4.38. The molecule has 0 aliphatic carbocycles. The highest BCUT2D eigenvalue weighted by atomic mass is 16.2. The van der Waals surface area contributed by atoms with Crippen molar-refractivity contribution >= 4 is 17.1 Å². The largest absolute Gasteiger partial charge is 0.363 e. The van der Waals surface area contributed by atoms with E-state index in [1.54, 1.807) is 31.3 Å². The lowest BCUT2D eigenvalue weighted by molar-refractivity contribution is 0.735. The molecule has 0 aliphatic heterocycles. The second kappa shape index (κ2) is 6.62.